The number of amides is 1. The predicted octanol–water partition coefficient (Wildman–Crippen LogP) is 4.76. The van der Waals surface area contributed by atoms with E-state index in [2.05, 4.69) is 38.9 Å². The third kappa shape index (κ3) is 4.22. The molecule has 2 atom stereocenters. The number of para-hydroxylation sites is 1. The minimum absolute atomic E-state index is 0.0126. The first-order valence-corrected chi connectivity index (χ1v) is 11.2. The van der Waals surface area contributed by atoms with Gasteiger partial charge in [-0.15, -0.1) is 11.3 Å². The molecule has 1 saturated heterocycles. The van der Waals surface area contributed by atoms with Gasteiger partial charge >= 0.3 is 0 Å². The minimum Gasteiger partial charge on any atom is -0.352 e. The number of pyridine rings is 1. The molecule has 2 aromatic heterocycles. The lowest BCUT2D eigenvalue weighted by molar-refractivity contribution is -0.116. The summed E-state index contributed by atoms with van der Waals surface area (Å²) in [5, 5.41) is 9.21. The molecule has 3 aromatic rings. The Hall–Kier alpha value is -2.77. The van der Waals surface area contributed by atoms with Crippen molar-refractivity contribution in [2.75, 3.05) is 11.9 Å². The highest BCUT2D eigenvalue weighted by Gasteiger charge is 2.40. The Labute approximate surface area is 186 Å². The first kappa shape index (κ1) is 20.5. The number of thiocarbonyl (C=S) groups is 1. The lowest BCUT2D eigenvalue weighted by Gasteiger charge is -2.27. The standard InChI is InChI=1S/C23H24N4OS2/c1-15-7-3-4-8-17(15)25-19(28)10-13-27-21(22-16(2)11-14-30-22)20(26-23(27)29)18-9-5-6-12-24-18/h3-9,11-12,14,20-21H,10,13H2,1-2H3,(H,25,28)(H,26,29)/t20-,21+/m1/s1. The van der Waals surface area contributed by atoms with Crippen LogP contribution in [0.3, 0.4) is 0 Å². The highest BCUT2D eigenvalue weighted by molar-refractivity contribution is 7.80. The fraction of sp³-hybridized carbons (Fsp3) is 0.261. The largest absolute Gasteiger partial charge is 0.352 e. The van der Waals surface area contributed by atoms with Crippen molar-refractivity contribution < 1.29 is 4.79 Å². The quantitative estimate of drug-likeness (QED) is 0.546. The third-order valence-electron chi connectivity index (χ3n) is 5.37. The number of benzene rings is 1. The topological polar surface area (TPSA) is 57.3 Å². The van der Waals surface area contributed by atoms with Crippen LogP contribution in [-0.2, 0) is 4.79 Å². The summed E-state index contributed by atoms with van der Waals surface area (Å²) in [4.78, 5) is 20.6. The van der Waals surface area contributed by atoms with Gasteiger partial charge in [-0.25, -0.2) is 0 Å². The van der Waals surface area contributed by atoms with Crippen molar-refractivity contribution in [1.82, 2.24) is 15.2 Å². The summed E-state index contributed by atoms with van der Waals surface area (Å²) >= 11 is 7.39. The number of carbonyl (C=O) groups excluding carboxylic acids is 1. The molecule has 30 heavy (non-hydrogen) atoms. The summed E-state index contributed by atoms with van der Waals surface area (Å²) < 4.78 is 0. The van der Waals surface area contributed by atoms with Crippen molar-refractivity contribution >= 4 is 40.3 Å². The van der Waals surface area contributed by atoms with E-state index >= 15 is 0 Å². The summed E-state index contributed by atoms with van der Waals surface area (Å²) in [5.74, 6) is -0.0185. The van der Waals surface area contributed by atoms with Crippen LogP contribution in [0.5, 0.6) is 0 Å². The summed E-state index contributed by atoms with van der Waals surface area (Å²) in [6.07, 6.45) is 2.16. The van der Waals surface area contributed by atoms with Gasteiger partial charge < -0.3 is 15.5 Å². The highest BCUT2D eigenvalue weighted by Crippen LogP contribution is 2.41. The van der Waals surface area contributed by atoms with Gasteiger partial charge in [-0.1, -0.05) is 24.3 Å². The lowest BCUT2D eigenvalue weighted by atomic mass is 10.0. The Morgan fingerprint density at radius 3 is 2.67 bits per heavy atom. The SMILES string of the molecule is Cc1ccccc1NC(=O)CCN1C(=S)N[C@H](c2ccccn2)[C@H]1c1sccc1C. The van der Waals surface area contributed by atoms with Crippen LogP contribution in [0.1, 0.15) is 40.2 Å². The van der Waals surface area contributed by atoms with Crippen molar-refractivity contribution in [3.63, 3.8) is 0 Å². The molecule has 1 aliphatic rings. The van der Waals surface area contributed by atoms with Gasteiger partial charge in [-0.3, -0.25) is 9.78 Å². The average molecular weight is 437 g/mol. The van der Waals surface area contributed by atoms with Gasteiger partial charge in [0.15, 0.2) is 5.11 Å². The van der Waals surface area contributed by atoms with Crippen molar-refractivity contribution in [3.05, 3.63) is 81.8 Å². The Kier molecular flexibility index (Phi) is 6.11. The maximum atomic E-state index is 12.6. The molecular weight excluding hydrogens is 412 g/mol. The van der Waals surface area contributed by atoms with Gasteiger partial charge in [0.1, 0.15) is 0 Å². The highest BCUT2D eigenvalue weighted by atomic mass is 32.1. The molecule has 0 unspecified atom stereocenters. The molecule has 2 N–H and O–H groups in total. The number of hydrogen-bond donors (Lipinski definition) is 2. The lowest BCUT2D eigenvalue weighted by Crippen LogP contribution is -2.32. The van der Waals surface area contributed by atoms with Crippen molar-refractivity contribution in [1.29, 1.82) is 0 Å². The zero-order chi connectivity index (χ0) is 21.1. The van der Waals surface area contributed by atoms with Gasteiger partial charge in [0.05, 0.1) is 17.8 Å². The summed E-state index contributed by atoms with van der Waals surface area (Å²) in [7, 11) is 0. The van der Waals surface area contributed by atoms with E-state index in [1.54, 1.807) is 17.5 Å². The average Bonchev–Trinajstić information content (AvgIpc) is 3.31. The molecule has 7 heteroatoms. The van der Waals surface area contributed by atoms with Crippen LogP contribution in [0.2, 0.25) is 0 Å². The molecule has 4 rings (SSSR count). The number of rotatable bonds is 6. The van der Waals surface area contributed by atoms with E-state index in [0.717, 1.165) is 16.9 Å². The zero-order valence-corrected chi connectivity index (χ0v) is 18.6. The predicted molar refractivity (Wildman–Crippen MR) is 126 cm³/mol. The van der Waals surface area contributed by atoms with Crippen molar-refractivity contribution in [3.8, 4) is 0 Å². The third-order valence-corrected chi connectivity index (χ3v) is 6.81. The molecule has 0 radical (unpaired) electrons. The van der Waals surface area contributed by atoms with Crippen LogP contribution in [-0.4, -0.2) is 27.4 Å². The number of hydrogen-bond acceptors (Lipinski definition) is 4. The van der Waals surface area contributed by atoms with Crippen LogP contribution in [0.4, 0.5) is 5.69 Å². The zero-order valence-electron chi connectivity index (χ0n) is 17.0. The summed E-state index contributed by atoms with van der Waals surface area (Å²) in [6, 6.07) is 15.8. The second kappa shape index (κ2) is 8.93. The summed E-state index contributed by atoms with van der Waals surface area (Å²) in [6.45, 7) is 4.64. The van der Waals surface area contributed by atoms with Crippen LogP contribution in [0.25, 0.3) is 0 Å². The molecule has 1 aromatic carbocycles. The number of anilines is 1. The van der Waals surface area contributed by atoms with Crippen molar-refractivity contribution in [2.24, 2.45) is 0 Å². The second-order valence-corrected chi connectivity index (χ2v) is 8.74. The van der Waals surface area contributed by atoms with Crippen LogP contribution in [0, 0.1) is 13.8 Å². The van der Waals surface area contributed by atoms with Gasteiger partial charge in [-0.05, 0) is 66.8 Å². The smallest absolute Gasteiger partial charge is 0.226 e. The number of nitrogens with one attached hydrogen (secondary N) is 2. The van der Waals surface area contributed by atoms with Crippen LogP contribution < -0.4 is 10.6 Å². The van der Waals surface area contributed by atoms with Crippen LogP contribution in [0.15, 0.2) is 60.1 Å². The van der Waals surface area contributed by atoms with E-state index in [1.165, 1.54) is 10.4 Å². The van der Waals surface area contributed by atoms with Crippen LogP contribution >= 0.6 is 23.6 Å². The summed E-state index contributed by atoms with van der Waals surface area (Å²) in [5.41, 5.74) is 4.07. The van der Waals surface area contributed by atoms with E-state index in [9.17, 15) is 4.79 Å². The number of aryl methyl sites for hydroxylation is 2. The van der Waals surface area contributed by atoms with Crippen molar-refractivity contribution in [2.45, 2.75) is 32.4 Å². The van der Waals surface area contributed by atoms with E-state index in [-0.39, 0.29) is 18.0 Å². The van der Waals surface area contributed by atoms with Gasteiger partial charge in [0, 0.05) is 29.7 Å². The molecule has 0 spiro atoms. The number of aromatic nitrogens is 1. The normalized spacial score (nSPS) is 18.3. The fourth-order valence-corrected chi connectivity index (χ4v) is 5.17. The van der Waals surface area contributed by atoms with Gasteiger partial charge in [0.25, 0.3) is 0 Å². The molecular formula is C23H24N4OS2. The van der Waals surface area contributed by atoms with E-state index < -0.39 is 0 Å². The molecule has 154 valence electrons. The Balaban J connectivity index is 1.53. The molecule has 0 aliphatic carbocycles. The van der Waals surface area contributed by atoms with E-state index in [0.29, 0.717) is 18.1 Å². The molecule has 1 aliphatic heterocycles. The second-order valence-electron chi connectivity index (χ2n) is 7.40. The minimum atomic E-state index is -0.0459. The van der Waals surface area contributed by atoms with E-state index in [4.69, 9.17) is 12.2 Å². The first-order chi connectivity index (χ1) is 14.5. The monoisotopic (exact) mass is 436 g/mol. The van der Waals surface area contributed by atoms with Gasteiger partial charge in [-0.2, -0.15) is 0 Å². The molecule has 1 fully saturated rings. The number of nitrogens with zero attached hydrogens (tertiary/aromatic N) is 2. The molecule has 0 bridgehead atoms. The molecule has 0 saturated carbocycles. The first-order valence-electron chi connectivity index (χ1n) is 9.92. The maximum absolute atomic E-state index is 12.6. The molecule has 3 heterocycles. The maximum Gasteiger partial charge on any atom is 0.226 e. The Bertz CT molecular complexity index is 1050. The fourth-order valence-electron chi connectivity index (χ4n) is 3.77. The molecule has 5 nitrogen and oxygen atoms in total. The van der Waals surface area contributed by atoms with E-state index in [1.807, 2.05) is 49.4 Å². The number of thiophene rings is 1. The number of carbonyl (C=O) groups is 1. The molecule has 1 amide bonds. The Morgan fingerprint density at radius 2 is 1.97 bits per heavy atom. The van der Waals surface area contributed by atoms with Gasteiger partial charge in [0.2, 0.25) is 5.91 Å². The Morgan fingerprint density at radius 1 is 1.17 bits per heavy atom.